The third-order valence-electron chi connectivity index (χ3n) is 8.16. The number of benzene rings is 3. The number of unbranched alkanes of at least 4 members (excludes halogenated alkanes) is 1. The van der Waals surface area contributed by atoms with E-state index < -0.39 is 12.0 Å². The second-order valence-corrected chi connectivity index (χ2v) is 13.2. The van der Waals surface area contributed by atoms with Crippen LogP contribution in [0.4, 0.5) is 4.79 Å². The summed E-state index contributed by atoms with van der Waals surface area (Å²) in [4.78, 5) is 27.5. The maximum Gasteiger partial charge on any atom is 0.404 e. The fraction of sp³-hybridized carbons (Fsp3) is 0.447. The summed E-state index contributed by atoms with van der Waals surface area (Å²) >= 11 is 12.5. The lowest BCUT2D eigenvalue weighted by atomic mass is 9.97. The molecule has 50 heavy (non-hydrogen) atoms. The summed E-state index contributed by atoms with van der Waals surface area (Å²) in [6.45, 7) is 3.84. The summed E-state index contributed by atoms with van der Waals surface area (Å²) in [5.41, 5.74) is 3.84. The summed E-state index contributed by atoms with van der Waals surface area (Å²) in [6, 6.07) is 19.2. The van der Waals surface area contributed by atoms with Gasteiger partial charge in [-0.05, 0) is 104 Å². The Kier molecular flexibility index (Phi) is 15.4. The van der Waals surface area contributed by atoms with Crippen LogP contribution >= 0.6 is 23.2 Å². The lowest BCUT2D eigenvalue weighted by Crippen LogP contribution is -2.43. The first-order valence-electron chi connectivity index (χ1n) is 16.9. The number of nitrogens with zero attached hydrogens (tertiary/aromatic N) is 2. The third-order valence-corrected chi connectivity index (χ3v) is 8.72. The van der Waals surface area contributed by atoms with E-state index in [1.54, 1.807) is 19.2 Å². The normalized spacial score (nSPS) is 12.9. The molecule has 1 aliphatic rings. The first kappa shape index (κ1) is 38.6. The lowest BCUT2D eigenvalue weighted by molar-refractivity contribution is -0.136. The van der Waals surface area contributed by atoms with E-state index in [4.69, 9.17) is 47.4 Å². The van der Waals surface area contributed by atoms with Gasteiger partial charge in [-0.15, -0.1) is 0 Å². The zero-order valence-corrected chi connectivity index (χ0v) is 30.1. The van der Waals surface area contributed by atoms with Gasteiger partial charge in [-0.25, -0.2) is 4.79 Å². The highest BCUT2D eigenvalue weighted by Gasteiger charge is 2.36. The van der Waals surface area contributed by atoms with Crippen LogP contribution < -0.4 is 19.5 Å². The van der Waals surface area contributed by atoms with Crippen LogP contribution in [-0.4, -0.2) is 68.1 Å². The number of carbonyl (C=O) groups is 2. The molecular weight excluding hydrogens is 681 g/mol. The summed E-state index contributed by atoms with van der Waals surface area (Å²) < 4.78 is 22.8. The van der Waals surface area contributed by atoms with Crippen LogP contribution in [0.25, 0.3) is 0 Å². The predicted octanol–water partition coefficient (Wildman–Crippen LogP) is 7.64. The zero-order chi connectivity index (χ0) is 35.9. The van der Waals surface area contributed by atoms with Crippen molar-refractivity contribution in [1.29, 1.82) is 5.26 Å². The molecular formula is C38H45Cl2N3O7. The first-order valence-corrected chi connectivity index (χ1v) is 17.6. The van der Waals surface area contributed by atoms with E-state index in [1.807, 2.05) is 48.2 Å². The Bertz CT molecular complexity index is 1590. The molecule has 2 amide bonds. The first-order chi connectivity index (χ1) is 24.2. The maximum atomic E-state index is 14.2. The topological polar surface area (TPSA) is 130 Å². The van der Waals surface area contributed by atoms with Crippen LogP contribution in [0.15, 0.2) is 54.6 Å². The van der Waals surface area contributed by atoms with Crippen molar-refractivity contribution in [3.8, 4) is 23.3 Å². The molecule has 0 spiro atoms. The molecule has 1 aliphatic carbocycles. The van der Waals surface area contributed by atoms with Crippen molar-refractivity contribution in [2.24, 2.45) is 5.92 Å². The summed E-state index contributed by atoms with van der Waals surface area (Å²) in [5.74, 6) is 1.03. The number of carboxylic acid groups (broad SMARTS) is 1. The van der Waals surface area contributed by atoms with Gasteiger partial charge in [0.25, 0.3) is 0 Å². The smallest absolute Gasteiger partial charge is 0.404 e. The number of nitriles is 1. The number of aryl methyl sites for hydroxylation is 2. The molecule has 1 unspecified atom stereocenters. The zero-order valence-electron chi connectivity index (χ0n) is 28.6. The maximum absolute atomic E-state index is 14.2. The molecule has 1 saturated carbocycles. The van der Waals surface area contributed by atoms with Crippen molar-refractivity contribution in [2.75, 3.05) is 40.1 Å². The van der Waals surface area contributed by atoms with E-state index in [9.17, 15) is 14.7 Å². The highest BCUT2D eigenvalue weighted by molar-refractivity contribution is 6.37. The average molecular weight is 727 g/mol. The number of halogens is 2. The standard InChI is InChI=1S/C38H45Cl2N3O7/c1-26-18-34(39)36(35(40)19-26)50-17-16-49-32-11-7-27(8-12-32)21-30(24-42-38(45)46)37(44)43(31-9-10-31)25-29-20-28(6-5-14-47-2)22-33(23-29)48-15-4-3-13-41/h7-8,11-12,18-20,22-23,30-31,42H,3-6,9-10,14-17,21,24-25H2,1-2H3,(H,45,46). The Morgan fingerprint density at radius 3 is 2.26 bits per heavy atom. The van der Waals surface area contributed by atoms with Crippen molar-refractivity contribution < 1.29 is 33.6 Å². The number of hydrogen-bond acceptors (Lipinski definition) is 7. The minimum Gasteiger partial charge on any atom is -0.494 e. The van der Waals surface area contributed by atoms with Crippen LogP contribution in [0.5, 0.6) is 17.2 Å². The molecule has 0 aliphatic heterocycles. The molecule has 1 atom stereocenters. The SMILES string of the molecule is COCCCc1cc(CN(C(=O)C(CNC(=O)O)Cc2ccc(OCCOc3c(Cl)cc(C)cc3Cl)cc2)C2CC2)cc(OCCCC#N)c1. The second-order valence-electron chi connectivity index (χ2n) is 12.4. The number of rotatable bonds is 21. The molecule has 2 N–H and O–H groups in total. The van der Waals surface area contributed by atoms with Crippen LogP contribution in [0, 0.1) is 24.2 Å². The average Bonchev–Trinajstić information content (AvgIpc) is 3.93. The molecule has 4 rings (SSSR count). The van der Waals surface area contributed by atoms with Crippen molar-refractivity contribution in [2.45, 2.75) is 64.5 Å². The van der Waals surface area contributed by atoms with Gasteiger partial charge in [-0.1, -0.05) is 41.4 Å². The van der Waals surface area contributed by atoms with Crippen molar-refractivity contribution in [3.63, 3.8) is 0 Å². The minimum absolute atomic E-state index is 0.0125. The van der Waals surface area contributed by atoms with Gasteiger partial charge in [0.2, 0.25) is 5.91 Å². The van der Waals surface area contributed by atoms with E-state index in [0.29, 0.717) is 66.3 Å². The fourth-order valence-electron chi connectivity index (χ4n) is 5.61. The van der Waals surface area contributed by atoms with Gasteiger partial charge in [0, 0.05) is 39.3 Å². The molecule has 1 fully saturated rings. The molecule has 0 radical (unpaired) electrons. The molecule has 12 heteroatoms. The molecule has 0 saturated heterocycles. The number of ether oxygens (including phenoxy) is 4. The molecule has 10 nitrogen and oxygen atoms in total. The van der Waals surface area contributed by atoms with Gasteiger partial charge < -0.3 is 34.3 Å². The molecule has 0 heterocycles. The van der Waals surface area contributed by atoms with Gasteiger partial charge in [0.1, 0.15) is 24.7 Å². The Morgan fingerprint density at radius 1 is 0.920 bits per heavy atom. The van der Waals surface area contributed by atoms with Gasteiger partial charge in [-0.2, -0.15) is 5.26 Å². The van der Waals surface area contributed by atoms with Crippen LogP contribution in [0.2, 0.25) is 10.0 Å². The van der Waals surface area contributed by atoms with Gasteiger partial charge in [-0.3, -0.25) is 4.79 Å². The van der Waals surface area contributed by atoms with Crippen molar-refractivity contribution in [1.82, 2.24) is 10.2 Å². The molecule has 0 aromatic heterocycles. The fourth-order valence-corrected chi connectivity index (χ4v) is 6.31. The predicted molar refractivity (Wildman–Crippen MR) is 192 cm³/mol. The highest BCUT2D eigenvalue weighted by Crippen LogP contribution is 2.34. The molecule has 3 aromatic carbocycles. The van der Waals surface area contributed by atoms with E-state index in [-0.39, 0.29) is 31.7 Å². The number of methoxy groups -OCH3 is 1. The van der Waals surface area contributed by atoms with E-state index in [0.717, 1.165) is 47.9 Å². The third kappa shape index (κ3) is 12.6. The second kappa shape index (κ2) is 19.9. The Hall–Kier alpha value is -4.17. The monoisotopic (exact) mass is 725 g/mol. The lowest BCUT2D eigenvalue weighted by Gasteiger charge is -2.28. The van der Waals surface area contributed by atoms with Crippen LogP contribution in [-0.2, 0) is 28.9 Å². The van der Waals surface area contributed by atoms with Gasteiger partial charge in [0.15, 0.2) is 5.75 Å². The van der Waals surface area contributed by atoms with Crippen LogP contribution in [0.3, 0.4) is 0 Å². The Balaban J connectivity index is 1.42. The molecule has 0 bridgehead atoms. The molecule has 3 aromatic rings. The quantitative estimate of drug-likeness (QED) is 0.107. The Labute approximate surface area is 304 Å². The van der Waals surface area contributed by atoms with E-state index in [1.165, 1.54) is 0 Å². The van der Waals surface area contributed by atoms with Gasteiger partial charge in [0.05, 0.1) is 28.6 Å². The molecule has 268 valence electrons. The summed E-state index contributed by atoms with van der Waals surface area (Å²) in [7, 11) is 1.68. The number of carbonyl (C=O) groups excluding carboxylic acids is 1. The summed E-state index contributed by atoms with van der Waals surface area (Å²) in [5, 5.41) is 21.6. The van der Waals surface area contributed by atoms with Gasteiger partial charge >= 0.3 is 6.09 Å². The minimum atomic E-state index is -1.18. The van der Waals surface area contributed by atoms with Crippen molar-refractivity contribution >= 4 is 35.2 Å². The van der Waals surface area contributed by atoms with E-state index >= 15 is 0 Å². The number of nitrogens with one attached hydrogen (secondary N) is 1. The largest absolute Gasteiger partial charge is 0.494 e. The Morgan fingerprint density at radius 2 is 1.60 bits per heavy atom. The van der Waals surface area contributed by atoms with Crippen LogP contribution in [0.1, 0.15) is 54.4 Å². The number of hydrogen-bond donors (Lipinski definition) is 2. The van der Waals surface area contributed by atoms with Crippen molar-refractivity contribution in [3.05, 3.63) is 86.9 Å². The highest BCUT2D eigenvalue weighted by atomic mass is 35.5. The van der Waals surface area contributed by atoms with E-state index in [2.05, 4.69) is 17.5 Å². The summed E-state index contributed by atoms with van der Waals surface area (Å²) in [6.07, 6.45) is 3.65. The number of amides is 2.